The molecule has 1 amide bonds. The number of anilines is 1. The number of rotatable bonds is 10. The number of esters is 1. The van der Waals surface area contributed by atoms with Gasteiger partial charge in [-0.3, -0.25) is 4.79 Å². The van der Waals surface area contributed by atoms with Crippen molar-refractivity contribution in [1.82, 2.24) is 0 Å². The maximum Gasteiger partial charge on any atom is 0.338 e. The minimum absolute atomic E-state index is 0.0947. The zero-order chi connectivity index (χ0) is 21.2. The van der Waals surface area contributed by atoms with Crippen LogP contribution in [0.1, 0.15) is 61.9 Å². The second-order valence-electron chi connectivity index (χ2n) is 7.09. The van der Waals surface area contributed by atoms with Crippen LogP contribution in [0.4, 0.5) is 5.69 Å². The van der Waals surface area contributed by atoms with Gasteiger partial charge in [0, 0.05) is 10.2 Å². The van der Waals surface area contributed by atoms with Gasteiger partial charge < -0.3 is 14.8 Å². The molecule has 0 radical (unpaired) electrons. The molecule has 0 atom stereocenters. The van der Waals surface area contributed by atoms with Crippen LogP contribution in [0.15, 0.2) is 46.9 Å². The molecule has 0 aliphatic rings. The molecule has 0 bridgehead atoms. The number of hydrogen-bond acceptors (Lipinski definition) is 4. The lowest BCUT2D eigenvalue weighted by Crippen LogP contribution is -2.20. The smallest absolute Gasteiger partial charge is 0.338 e. The van der Waals surface area contributed by atoms with Crippen molar-refractivity contribution >= 4 is 33.5 Å². The number of benzene rings is 2. The average Bonchev–Trinajstić information content (AvgIpc) is 2.70. The van der Waals surface area contributed by atoms with Crippen molar-refractivity contribution in [3.05, 3.63) is 58.1 Å². The summed E-state index contributed by atoms with van der Waals surface area (Å²) in [5, 5.41) is 2.77. The summed E-state index contributed by atoms with van der Waals surface area (Å²) in [6.45, 7) is 6.58. The summed E-state index contributed by atoms with van der Waals surface area (Å²) in [5.41, 5.74) is 2.10. The number of ether oxygens (including phenoxy) is 2. The third-order valence-electron chi connectivity index (χ3n) is 4.34. The number of carbonyl (C=O) groups excluding carboxylic acids is 2. The van der Waals surface area contributed by atoms with E-state index in [0.717, 1.165) is 29.3 Å². The van der Waals surface area contributed by atoms with Crippen molar-refractivity contribution in [3.63, 3.8) is 0 Å². The van der Waals surface area contributed by atoms with Gasteiger partial charge >= 0.3 is 5.97 Å². The van der Waals surface area contributed by atoms with Crippen LogP contribution in [-0.2, 0) is 9.53 Å². The molecule has 0 unspecified atom stereocenters. The van der Waals surface area contributed by atoms with Crippen LogP contribution in [0.3, 0.4) is 0 Å². The van der Waals surface area contributed by atoms with Gasteiger partial charge in [-0.1, -0.05) is 49.5 Å². The first kappa shape index (κ1) is 22.9. The minimum atomic E-state index is -0.348. The topological polar surface area (TPSA) is 64.6 Å². The van der Waals surface area contributed by atoms with E-state index in [1.807, 2.05) is 18.2 Å². The van der Waals surface area contributed by atoms with Gasteiger partial charge in [-0.25, -0.2) is 4.79 Å². The molecule has 0 aliphatic carbocycles. The Morgan fingerprint density at radius 2 is 1.79 bits per heavy atom. The quantitative estimate of drug-likeness (QED) is 0.351. The maximum atomic E-state index is 12.2. The molecule has 2 aromatic carbocycles. The normalized spacial score (nSPS) is 10.7. The maximum absolute atomic E-state index is 12.2. The number of nitrogens with one attached hydrogen (secondary N) is 1. The Labute approximate surface area is 180 Å². The van der Waals surface area contributed by atoms with Crippen molar-refractivity contribution in [3.8, 4) is 5.75 Å². The van der Waals surface area contributed by atoms with Crippen LogP contribution in [0.5, 0.6) is 5.75 Å². The van der Waals surface area contributed by atoms with E-state index in [1.54, 1.807) is 24.3 Å². The molecular formula is C23H28BrNO4. The summed E-state index contributed by atoms with van der Waals surface area (Å²) < 4.78 is 11.9. The molecule has 5 nitrogen and oxygen atoms in total. The number of hydrogen-bond donors (Lipinski definition) is 1. The van der Waals surface area contributed by atoms with Crippen molar-refractivity contribution in [2.75, 3.05) is 18.5 Å². The molecular weight excluding hydrogens is 434 g/mol. The third-order valence-corrected chi connectivity index (χ3v) is 4.83. The first-order chi connectivity index (χ1) is 13.9. The molecule has 6 heteroatoms. The molecule has 2 rings (SSSR count). The van der Waals surface area contributed by atoms with Gasteiger partial charge in [-0.2, -0.15) is 0 Å². The first-order valence-corrected chi connectivity index (χ1v) is 10.7. The van der Waals surface area contributed by atoms with E-state index in [9.17, 15) is 9.59 Å². The van der Waals surface area contributed by atoms with Crippen LogP contribution in [-0.4, -0.2) is 25.1 Å². The van der Waals surface area contributed by atoms with Crippen molar-refractivity contribution in [2.45, 2.75) is 46.0 Å². The lowest BCUT2D eigenvalue weighted by Gasteiger charge is -2.14. The van der Waals surface area contributed by atoms with E-state index < -0.39 is 0 Å². The van der Waals surface area contributed by atoms with E-state index >= 15 is 0 Å². The van der Waals surface area contributed by atoms with Gasteiger partial charge in [0.25, 0.3) is 5.91 Å². The molecule has 29 heavy (non-hydrogen) atoms. The second-order valence-corrected chi connectivity index (χ2v) is 8.01. The van der Waals surface area contributed by atoms with Crippen LogP contribution < -0.4 is 10.1 Å². The van der Waals surface area contributed by atoms with E-state index in [0.29, 0.717) is 23.6 Å². The number of carbonyl (C=O) groups is 2. The van der Waals surface area contributed by atoms with Crippen molar-refractivity contribution < 1.29 is 19.1 Å². The highest BCUT2D eigenvalue weighted by Crippen LogP contribution is 2.29. The zero-order valence-corrected chi connectivity index (χ0v) is 18.8. The van der Waals surface area contributed by atoms with E-state index in [1.165, 1.54) is 0 Å². The highest BCUT2D eigenvalue weighted by molar-refractivity contribution is 9.10. The highest BCUT2D eigenvalue weighted by Gasteiger charge is 2.12. The Morgan fingerprint density at radius 3 is 2.45 bits per heavy atom. The van der Waals surface area contributed by atoms with Crippen LogP contribution in [0.2, 0.25) is 0 Å². The third kappa shape index (κ3) is 7.54. The lowest BCUT2D eigenvalue weighted by atomic mass is 10.0. The zero-order valence-electron chi connectivity index (χ0n) is 17.2. The van der Waals surface area contributed by atoms with Gasteiger partial charge in [-0.05, 0) is 60.4 Å². The SMILES string of the molecule is CCCCCOC(=O)c1ccc(NC(=O)COc2ccc(Br)cc2C(C)C)cc1. The molecule has 0 aromatic heterocycles. The first-order valence-electron chi connectivity index (χ1n) is 9.90. The Hall–Kier alpha value is -2.34. The van der Waals surface area contributed by atoms with Crippen LogP contribution >= 0.6 is 15.9 Å². The standard InChI is InChI=1S/C23H28BrNO4/c1-4-5-6-13-28-23(27)17-7-10-19(11-8-17)25-22(26)15-29-21-12-9-18(24)14-20(21)16(2)3/h7-12,14,16H,4-6,13,15H2,1-3H3,(H,25,26). The van der Waals surface area contributed by atoms with Gasteiger partial charge in [0.15, 0.2) is 6.61 Å². The largest absolute Gasteiger partial charge is 0.483 e. The number of unbranched alkanes of at least 4 members (excludes halogenated alkanes) is 2. The van der Waals surface area contributed by atoms with E-state index in [4.69, 9.17) is 9.47 Å². The number of amides is 1. The fraction of sp³-hybridized carbons (Fsp3) is 0.391. The Balaban J connectivity index is 1.86. The second kappa shape index (κ2) is 11.6. The lowest BCUT2D eigenvalue weighted by molar-refractivity contribution is -0.118. The minimum Gasteiger partial charge on any atom is -0.483 e. The summed E-state index contributed by atoms with van der Waals surface area (Å²) >= 11 is 3.46. The summed E-state index contributed by atoms with van der Waals surface area (Å²) in [5.74, 6) is 0.357. The van der Waals surface area contributed by atoms with Crippen molar-refractivity contribution in [1.29, 1.82) is 0 Å². The molecule has 0 saturated carbocycles. The Kier molecular flexibility index (Phi) is 9.19. The Bertz CT molecular complexity index is 818. The van der Waals surface area contributed by atoms with Gasteiger partial charge in [0.2, 0.25) is 0 Å². The van der Waals surface area contributed by atoms with E-state index in [2.05, 4.69) is 42.0 Å². The average molecular weight is 462 g/mol. The molecule has 0 fully saturated rings. The summed E-state index contributed by atoms with van der Waals surface area (Å²) in [4.78, 5) is 24.2. The van der Waals surface area contributed by atoms with E-state index in [-0.39, 0.29) is 24.4 Å². The molecule has 156 valence electrons. The Morgan fingerprint density at radius 1 is 1.07 bits per heavy atom. The predicted molar refractivity (Wildman–Crippen MR) is 119 cm³/mol. The fourth-order valence-corrected chi connectivity index (χ4v) is 3.11. The molecule has 1 N–H and O–H groups in total. The monoisotopic (exact) mass is 461 g/mol. The van der Waals surface area contributed by atoms with Crippen LogP contribution in [0, 0.1) is 0 Å². The molecule has 0 spiro atoms. The summed E-state index contributed by atoms with van der Waals surface area (Å²) in [6.07, 6.45) is 2.99. The van der Waals surface area contributed by atoms with Gasteiger partial charge in [0.05, 0.1) is 12.2 Å². The fourth-order valence-electron chi connectivity index (χ4n) is 2.73. The molecule has 0 saturated heterocycles. The molecule has 0 heterocycles. The van der Waals surface area contributed by atoms with Gasteiger partial charge in [0.1, 0.15) is 5.75 Å². The van der Waals surface area contributed by atoms with Gasteiger partial charge in [-0.15, -0.1) is 0 Å². The molecule has 0 aliphatic heterocycles. The van der Waals surface area contributed by atoms with Crippen molar-refractivity contribution in [2.24, 2.45) is 0 Å². The summed E-state index contributed by atoms with van der Waals surface area (Å²) in [7, 11) is 0. The molecule has 2 aromatic rings. The summed E-state index contributed by atoms with van der Waals surface area (Å²) in [6, 6.07) is 12.4. The highest BCUT2D eigenvalue weighted by atomic mass is 79.9. The predicted octanol–water partition coefficient (Wildman–Crippen LogP) is 5.94. The van der Waals surface area contributed by atoms with Crippen LogP contribution in [0.25, 0.3) is 0 Å². The number of halogens is 1.